The number of hydrogen-bond donors (Lipinski definition) is 0. The number of likely N-dealkylation sites (N-methyl/N-ethyl adjacent to an activating group) is 1. The number of rotatable bonds is 2. The van der Waals surface area contributed by atoms with E-state index in [1.54, 1.807) is 4.90 Å². The zero-order valence-electron chi connectivity index (χ0n) is 6.46. The first kappa shape index (κ1) is 7.38. The van der Waals surface area contributed by atoms with Gasteiger partial charge in [0.1, 0.15) is 6.61 Å². The van der Waals surface area contributed by atoms with Crippen molar-refractivity contribution in [3.05, 3.63) is 0 Å². The van der Waals surface area contributed by atoms with Crippen LogP contribution >= 0.6 is 0 Å². The minimum absolute atomic E-state index is 0.158. The summed E-state index contributed by atoms with van der Waals surface area (Å²) in [5, 5.41) is 0. The third-order valence-electron chi connectivity index (χ3n) is 1.89. The largest absolute Gasteiger partial charge is 0.447 e. The second-order valence-electron chi connectivity index (χ2n) is 2.42. The minimum atomic E-state index is -0.158. The lowest BCUT2D eigenvalue weighted by Gasteiger charge is -2.16. The molecule has 1 amide bonds. The predicted molar refractivity (Wildman–Crippen MR) is 37.8 cm³/mol. The van der Waals surface area contributed by atoms with Crippen LogP contribution in [0.15, 0.2) is 0 Å². The minimum Gasteiger partial charge on any atom is -0.447 e. The Morgan fingerprint density at radius 3 is 2.80 bits per heavy atom. The summed E-state index contributed by atoms with van der Waals surface area (Å²) in [5.41, 5.74) is 0. The van der Waals surface area contributed by atoms with E-state index < -0.39 is 0 Å². The van der Waals surface area contributed by atoms with Gasteiger partial charge >= 0.3 is 6.09 Å². The number of amides is 1. The van der Waals surface area contributed by atoms with Gasteiger partial charge in [0.05, 0.1) is 6.04 Å². The van der Waals surface area contributed by atoms with Crippen molar-refractivity contribution in [2.75, 3.05) is 13.2 Å². The molecule has 3 nitrogen and oxygen atoms in total. The first-order valence-electron chi connectivity index (χ1n) is 3.73. The maximum atomic E-state index is 10.9. The summed E-state index contributed by atoms with van der Waals surface area (Å²) in [4.78, 5) is 12.6. The molecular weight excluding hydrogens is 130 g/mol. The van der Waals surface area contributed by atoms with Gasteiger partial charge in [-0.3, -0.25) is 0 Å². The molecule has 0 aromatic heterocycles. The van der Waals surface area contributed by atoms with Crippen LogP contribution in [-0.4, -0.2) is 30.2 Å². The highest BCUT2D eigenvalue weighted by atomic mass is 16.6. The van der Waals surface area contributed by atoms with Crippen LogP contribution in [0.3, 0.4) is 0 Å². The molecule has 1 aliphatic heterocycles. The zero-order valence-corrected chi connectivity index (χ0v) is 6.46. The zero-order chi connectivity index (χ0) is 7.56. The van der Waals surface area contributed by atoms with Crippen molar-refractivity contribution < 1.29 is 9.53 Å². The van der Waals surface area contributed by atoms with Crippen molar-refractivity contribution in [2.24, 2.45) is 0 Å². The van der Waals surface area contributed by atoms with Crippen LogP contribution in [0.2, 0.25) is 0 Å². The van der Waals surface area contributed by atoms with Gasteiger partial charge in [-0.25, -0.2) is 4.79 Å². The lowest BCUT2D eigenvalue weighted by Crippen LogP contribution is -2.32. The van der Waals surface area contributed by atoms with Crippen LogP contribution in [-0.2, 0) is 4.74 Å². The topological polar surface area (TPSA) is 29.5 Å². The molecule has 0 saturated carbocycles. The number of cyclic esters (lactones) is 1. The molecular formula is C7H13NO2. The lowest BCUT2D eigenvalue weighted by molar-refractivity contribution is 0.159. The predicted octanol–water partition coefficient (Wildman–Crippen LogP) is 1.24. The van der Waals surface area contributed by atoms with E-state index in [0.29, 0.717) is 12.6 Å². The monoisotopic (exact) mass is 143 g/mol. The van der Waals surface area contributed by atoms with Crippen molar-refractivity contribution in [2.45, 2.75) is 26.3 Å². The number of nitrogens with zero attached hydrogens (tertiary/aromatic N) is 1. The van der Waals surface area contributed by atoms with Crippen molar-refractivity contribution in [1.29, 1.82) is 0 Å². The maximum absolute atomic E-state index is 10.9. The van der Waals surface area contributed by atoms with Crippen LogP contribution in [0, 0.1) is 0 Å². The number of ether oxygens (including phenoxy) is 1. The molecule has 1 fully saturated rings. The Morgan fingerprint density at radius 2 is 2.40 bits per heavy atom. The second-order valence-corrected chi connectivity index (χ2v) is 2.42. The molecule has 0 bridgehead atoms. The summed E-state index contributed by atoms with van der Waals surface area (Å²) in [7, 11) is 0. The number of hydrogen-bond acceptors (Lipinski definition) is 2. The normalized spacial score (nSPS) is 25.2. The number of carbonyl (C=O) groups is 1. The SMILES string of the molecule is CC[C@@H]1COC(=O)N1CC. The molecule has 1 aliphatic rings. The molecule has 0 radical (unpaired) electrons. The standard InChI is InChI=1S/C7H13NO2/c1-3-6-5-10-7(9)8(6)4-2/h6H,3-5H2,1-2H3/t6-/m1/s1. The molecule has 1 atom stereocenters. The third kappa shape index (κ3) is 1.08. The van der Waals surface area contributed by atoms with Crippen molar-refractivity contribution in [3.63, 3.8) is 0 Å². The fourth-order valence-electron chi connectivity index (χ4n) is 1.21. The van der Waals surface area contributed by atoms with E-state index in [2.05, 4.69) is 6.92 Å². The molecule has 0 aliphatic carbocycles. The Hall–Kier alpha value is -0.730. The fraction of sp³-hybridized carbons (Fsp3) is 0.857. The molecule has 10 heavy (non-hydrogen) atoms. The molecule has 1 rings (SSSR count). The smallest absolute Gasteiger partial charge is 0.410 e. The van der Waals surface area contributed by atoms with E-state index in [1.165, 1.54) is 0 Å². The van der Waals surface area contributed by atoms with Gasteiger partial charge in [-0.15, -0.1) is 0 Å². The van der Waals surface area contributed by atoms with Gasteiger partial charge in [-0.1, -0.05) is 6.92 Å². The Kier molecular flexibility index (Phi) is 2.14. The summed E-state index contributed by atoms with van der Waals surface area (Å²) >= 11 is 0. The average Bonchev–Trinajstić information content (AvgIpc) is 2.30. The molecule has 0 N–H and O–H groups in total. The Balaban J connectivity index is 2.54. The van der Waals surface area contributed by atoms with Crippen molar-refractivity contribution in [3.8, 4) is 0 Å². The van der Waals surface area contributed by atoms with E-state index >= 15 is 0 Å². The van der Waals surface area contributed by atoms with Crippen LogP contribution < -0.4 is 0 Å². The van der Waals surface area contributed by atoms with Gasteiger partial charge in [0.15, 0.2) is 0 Å². The first-order valence-corrected chi connectivity index (χ1v) is 3.73. The number of carbonyl (C=O) groups excluding carboxylic acids is 1. The Morgan fingerprint density at radius 1 is 1.70 bits per heavy atom. The van der Waals surface area contributed by atoms with Crippen LogP contribution in [0.4, 0.5) is 4.79 Å². The highest BCUT2D eigenvalue weighted by Crippen LogP contribution is 2.13. The molecule has 0 aromatic rings. The second kappa shape index (κ2) is 2.90. The van der Waals surface area contributed by atoms with Crippen LogP contribution in [0.5, 0.6) is 0 Å². The van der Waals surface area contributed by atoms with E-state index in [-0.39, 0.29) is 6.09 Å². The molecule has 1 saturated heterocycles. The quantitative estimate of drug-likeness (QED) is 0.582. The Bertz CT molecular complexity index is 136. The van der Waals surface area contributed by atoms with Gasteiger partial charge in [0.2, 0.25) is 0 Å². The van der Waals surface area contributed by atoms with E-state index in [0.717, 1.165) is 13.0 Å². The summed E-state index contributed by atoms with van der Waals surface area (Å²) < 4.78 is 4.85. The summed E-state index contributed by atoms with van der Waals surface area (Å²) in [6.45, 7) is 5.37. The highest BCUT2D eigenvalue weighted by molar-refractivity contribution is 5.69. The molecule has 0 unspecified atom stereocenters. The van der Waals surface area contributed by atoms with Gasteiger partial charge in [-0.2, -0.15) is 0 Å². The average molecular weight is 143 g/mol. The summed E-state index contributed by atoms with van der Waals surface area (Å²) in [5.74, 6) is 0. The van der Waals surface area contributed by atoms with Gasteiger partial charge in [-0.05, 0) is 13.3 Å². The molecule has 0 aromatic carbocycles. The molecule has 58 valence electrons. The van der Waals surface area contributed by atoms with Crippen LogP contribution in [0.1, 0.15) is 20.3 Å². The molecule has 1 heterocycles. The summed E-state index contributed by atoms with van der Waals surface area (Å²) in [6.07, 6.45) is 0.828. The van der Waals surface area contributed by atoms with Crippen molar-refractivity contribution >= 4 is 6.09 Å². The first-order chi connectivity index (χ1) is 4.79. The van der Waals surface area contributed by atoms with E-state index in [1.807, 2.05) is 6.92 Å². The van der Waals surface area contributed by atoms with Crippen LogP contribution in [0.25, 0.3) is 0 Å². The van der Waals surface area contributed by atoms with Crippen molar-refractivity contribution in [1.82, 2.24) is 4.90 Å². The third-order valence-corrected chi connectivity index (χ3v) is 1.89. The Labute approximate surface area is 61.0 Å². The molecule has 3 heteroatoms. The highest BCUT2D eigenvalue weighted by Gasteiger charge is 2.29. The van der Waals surface area contributed by atoms with E-state index in [4.69, 9.17) is 4.74 Å². The lowest BCUT2D eigenvalue weighted by atomic mass is 10.2. The van der Waals surface area contributed by atoms with E-state index in [9.17, 15) is 4.79 Å². The van der Waals surface area contributed by atoms with Gasteiger partial charge in [0.25, 0.3) is 0 Å². The maximum Gasteiger partial charge on any atom is 0.410 e. The fourth-order valence-corrected chi connectivity index (χ4v) is 1.21. The van der Waals surface area contributed by atoms with Gasteiger partial charge in [0, 0.05) is 6.54 Å². The molecule has 0 spiro atoms. The summed E-state index contributed by atoms with van der Waals surface area (Å²) in [6, 6.07) is 0.317. The van der Waals surface area contributed by atoms with Gasteiger partial charge < -0.3 is 9.64 Å².